The average molecular weight is 529 g/mol. The first kappa shape index (κ1) is 33.7. The van der Waals surface area contributed by atoms with Crippen molar-refractivity contribution in [1.29, 1.82) is 0 Å². The fourth-order valence-corrected chi connectivity index (χ4v) is 2.98. The van der Waals surface area contributed by atoms with Gasteiger partial charge in [-0.05, 0) is 48.2 Å². The number of hydrogen-bond acceptors (Lipinski definition) is 1. The summed E-state index contributed by atoms with van der Waals surface area (Å²) < 4.78 is 113. The van der Waals surface area contributed by atoms with Crippen molar-refractivity contribution in [2.45, 2.75) is 72.6 Å². The molecule has 0 bridgehead atoms. The molecule has 206 valence electrons. The molecule has 0 spiro atoms. The largest absolute Gasteiger partial charge is 0.433 e. The van der Waals surface area contributed by atoms with E-state index in [-0.39, 0.29) is 36.0 Å². The zero-order chi connectivity index (χ0) is 28.6. The van der Waals surface area contributed by atoms with Crippen LogP contribution in [0.2, 0.25) is 0 Å². The van der Waals surface area contributed by atoms with Crippen molar-refractivity contribution in [2.75, 3.05) is 0 Å². The van der Waals surface area contributed by atoms with E-state index in [9.17, 15) is 35.1 Å². The molecule has 0 fully saturated rings. The van der Waals surface area contributed by atoms with Gasteiger partial charge in [0.25, 0.3) is 0 Å². The van der Waals surface area contributed by atoms with Gasteiger partial charge in [-0.2, -0.15) is 22.0 Å². The first-order valence-electron chi connectivity index (χ1n) is 11.5. The number of ether oxygens (including phenoxy) is 1. The van der Waals surface area contributed by atoms with E-state index in [1.165, 1.54) is 6.92 Å². The molecular weight excluding hydrogens is 492 g/mol. The van der Waals surface area contributed by atoms with Gasteiger partial charge in [0.05, 0.1) is 11.5 Å². The Kier molecular flexibility index (Phi) is 12.9. The van der Waals surface area contributed by atoms with E-state index < -0.39 is 52.9 Å². The summed E-state index contributed by atoms with van der Waals surface area (Å²) in [5.41, 5.74) is -2.07. The number of halogens is 8. The quantitative estimate of drug-likeness (QED) is 0.117. The Labute approximate surface area is 209 Å². The smallest absolute Gasteiger partial charge is 0.418 e. The third kappa shape index (κ3) is 10.7. The fraction of sp³-hybridized carbons (Fsp3) is 0.556. The topological polar surface area (TPSA) is 9.23 Å². The van der Waals surface area contributed by atoms with Crippen molar-refractivity contribution >= 4 is 0 Å². The highest BCUT2D eigenvalue weighted by Crippen LogP contribution is 2.37. The molecule has 0 N–H and O–H groups in total. The Morgan fingerprint density at radius 2 is 1.14 bits per heavy atom. The molecule has 0 saturated heterocycles. The van der Waals surface area contributed by atoms with Crippen LogP contribution >= 0.6 is 0 Å². The summed E-state index contributed by atoms with van der Waals surface area (Å²) >= 11 is 0. The van der Waals surface area contributed by atoms with Crippen LogP contribution in [0.1, 0.15) is 60.3 Å². The van der Waals surface area contributed by atoms with Crippen LogP contribution in [0, 0.1) is 23.7 Å². The molecular formula is C27H36F8O. The lowest BCUT2D eigenvalue weighted by molar-refractivity contribution is -0.244. The van der Waals surface area contributed by atoms with Gasteiger partial charge in [-0.1, -0.05) is 67.4 Å². The van der Waals surface area contributed by atoms with Crippen LogP contribution in [-0.2, 0) is 4.74 Å². The summed E-state index contributed by atoms with van der Waals surface area (Å²) in [4.78, 5) is 0. The maximum atomic E-state index is 14.7. The van der Waals surface area contributed by atoms with E-state index >= 15 is 0 Å². The lowest BCUT2D eigenvalue weighted by Crippen LogP contribution is -2.29. The van der Waals surface area contributed by atoms with Gasteiger partial charge < -0.3 is 4.74 Å². The summed E-state index contributed by atoms with van der Waals surface area (Å²) in [7, 11) is 0. The van der Waals surface area contributed by atoms with Crippen molar-refractivity contribution in [3.63, 3.8) is 0 Å². The summed E-state index contributed by atoms with van der Waals surface area (Å²) in [5.74, 6) is -7.38. The molecule has 1 nitrogen and oxygen atoms in total. The summed E-state index contributed by atoms with van der Waals surface area (Å²) in [5, 5.41) is 0. The molecule has 0 radical (unpaired) electrons. The highest BCUT2D eigenvalue weighted by Gasteiger charge is 2.40. The van der Waals surface area contributed by atoms with Crippen molar-refractivity contribution in [3.05, 3.63) is 72.4 Å². The van der Waals surface area contributed by atoms with Gasteiger partial charge in [-0.25, -0.2) is 13.2 Å². The van der Waals surface area contributed by atoms with Crippen LogP contribution in [0.4, 0.5) is 35.1 Å². The minimum atomic E-state index is -5.09. The molecule has 36 heavy (non-hydrogen) atoms. The monoisotopic (exact) mass is 528 g/mol. The number of alkyl halides is 5. The number of rotatable bonds is 15. The average Bonchev–Trinajstić information content (AvgIpc) is 2.76. The van der Waals surface area contributed by atoms with Crippen molar-refractivity contribution in [1.82, 2.24) is 0 Å². The standard InChI is InChI=1S/C27H36F8O/c1-15(2)10-11-16(3)20(7)24(29)25(30)21(8)17(4)12-13-18(5)27(34,35)36-19(6)14-23(28)22(9)26(31,32)33/h14-18H,6-13H2,1-5H3/b23-14+,25-24-. The second-order valence-electron chi connectivity index (χ2n) is 9.53. The first-order valence-corrected chi connectivity index (χ1v) is 11.5. The Hall–Kier alpha value is -2.32. The second-order valence-corrected chi connectivity index (χ2v) is 9.53. The predicted molar refractivity (Wildman–Crippen MR) is 128 cm³/mol. The molecule has 0 heterocycles. The fourth-order valence-electron chi connectivity index (χ4n) is 2.98. The molecule has 9 heteroatoms. The predicted octanol–water partition coefficient (Wildman–Crippen LogP) is 10.5. The van der Waals surface area contributed by atoms with Crippen LogP contribution in [0.25, 0.3) is 0 Å². The zero-order valence-electron chi connectivity index (χ0n) is 21.5. The Morgan fingerprint density at radius 3 is 1.53 bits per heavy atom. The molecule has 3 atom stereocenters. The van der Waals surface area contributed by atoms with Crippen molar-refractivity contribution in [2.24, 2.45) is 23.7 Å². The SMILES string of the molecule is C=C(/C=C(/F)C(=C)C(F)(F)F)OC(F)(F)C(C)CCC(C)C(=C)/C(F)=C(/F)C(=C)C(C)CCC(C)C. The lowest BCUT2D eigenvalue weighted by Gasteiger charge is -2.25. The van der Waals surface area contributed by atoms with Crippen LogP contribution in [0.5, 0.6) is 0 Å². The summed E-state index contributed by atoms with van der Waals surface area (Å²) in [6.45, 7) is 21.0. The summed E-state index contributed by atoms with van der Waals surface area (Å²) in [6, 6.07) is 0. The van der Waals surface area contributed by atoms with Gasteiger partial charge in [0.2, 0.25) is 0 Å². The van der Waals surface area contributed by atoms with E-state index in [2.05, 4.69) is 31.1 Å². The molecule has 0 saturated carbocycles. The van der Waals surface area contributed by atoms with Gasteiger partial charge >= 0.3 is 12.3 Å². The number of hydrogen-bond donors (Lipinski definition) is 0. The zero-order valence-corrected chi connectivity index (χ0v) is 21.5. The van der Waals surface area contributed by atoms with Crippen LogP contribution in [0.3, 0.4) is 0 Å². The van der Waals surface area contributed by atoms with Gasteiger partial charge in [-0.3, -0.25) is 0 Å². The molecule has 0 aliphatic carbocycles. The molecule has 0 aromatic carbocycles. The lowest BCUT2D eigenvalue weighted by atomic mass is 9.89. The molecule has 3 unspecified atom stereocenters. The molecule has 0 aromatic heterocycles. The first-order chi connectivity index (χ1) is 16.2. The van der Waals surface area contributed by atoms with E-state index in [0.717, 1.165) is 13.3 Å². The van der Waals surface area contributed by atoms with E-state index in [1.54, 1.807) is 6.92 Å². The molecule has 0 amide bonds. The Morgan fingerprint density at radius 1 is 0.722 bits per heavy atom. The maximum Gasteiger partial charge on any atom is 0.418 e. The highest BCUT2D eigenvalue weighted by molar-refractivity contribution is 5.37. The van der Waals surface area contributed by atoms with E-state index in [0.29, 0.717) is 12.3 Å². The van der Waals surface area contributed by atoms with Crippen molar-refractivity contribution < 1.29 is 39.9 Å². The van der Waals surface area contributed by atoms with Gasteiger partial charge in [-0.15, -0.1) is 0 Å². The third-order valence-electron chi connectivity index (χ3n) is 5.92. The Bertz CT molecular complexity index is 877. The highest BCUT2D eigenvalue weighted by atomic mass is 19.4. The maximum absolute atomic E-state index is 14.7. The normalized spacial score (nSPS) is 16.2. The van der Waals surface area contributed by atoms with Gasteiger partial charge in [0.1, 0.15) is 11.6 Å². The molecule has 0 aliphatic heterocycles. The second kappa shape index (κ2) is 13.8. The summed E-state index contributed by atoms with van der Waals surface area (Å²) in [6.07, 6.45) is -7.78. The third-order valence-corrected chi connectivity index (χ3v) is 5.92. The minimum absolute atomic E-state index is 0.00167. The molecule has 0 aromatic rings. The van der Waals surface area contributed by atoms with Gasteiger partial charge in [0.15, 0.2) is 11.7 Å². The number of allylic oxidation sites excluding steroid dienone is 7. The van der Waals surface area contributed by atoms with Gasteiger partial charge in [0, 0.05) is 6.08 Å². The Balaban J connectivity index is 5.14. The van der Waals surface area contributed by atoms with Crippen LogP contribution in [0.15, 0.2) is 72.4 Å². The van der Waals surface area contributed by atoms with Crippen LogP contribution in [-0.4, -0.2) is 12.3 Å². The van der Waals surface area contributed by atoms with Crippen molar-refractivity contribution in [3.8, 4) is 0 Å². The van der Waals surface area contributed by atoms with E-state index in [1.807, 2.05) is 13.8 Å². The minimum Gasteiger partial charge on any atom is -0.433 e. The molecule has 0 rings (SSSR count). The van der Waals surface area contributed by atoms with Crippen LogP contribution < -0.4 is 0 Å². The molecule has 0 aliphatic rings. The van der Waals surface area contributed by atoms with E-state index in [4.69, 9.17) is 0 Å².